The molecule has 0 spiro atoms. The van der Waals surface area contributed by atoms with E-state index in [1.165, 1.54) is 64.8 Å². The van der Waals surface area contributed by atoms with E-state index >= 15 is 0 Å². The van der Waals surface area contributed by atoms with Gasteiger partial charge in [0.2, 0.25) is 0 Å². The van der Waals surface area contributed by atoms with Gasteiger partial charge in [-0.25, -0.2) is 19.9 Å². The summed E-state index contributed by atoms with van der Waals surface area (Å²) in [6.07, 6.45) is 5.69. The molecule has 0 saturated heterocycles. The maximum Gasteiger partial charge on any atom is 0.160 e. The molecule has 0 aliphatic heterocycles. The Balaban J connectivity index is 0.751. The summed E-state index contributed by atoms with van der Waals surface area (Å²) in [6, 6.07) is 115. The van der Waals surface area contributed by atoms with Gasteiger partial charge in [-0.3, -0.25) is 9.97 Å². The van der Waals surface area contributed by atoms with Crippen LogP contribution in [-0.2, 0) is 0 Å². The normalized spacial score (nSPS) is 11.5. The molecule has 0 unspecified atom stereocenters. The molecule has 0 fully saturated rings. The van der Waals surface area contributed by atoms with Crippen LogP contribution in [0.3, 0.4) is 0 Å². The minimum absolute atomic E-state index is 0.642. The number of fused-ring (bicyclic) bond motifs is 10. The fourth-order valence-electron chi connectivity index (χ4n) is 14.0. The first-order chi connectivity index (χ1) is 47.5. The van der Waals surface area contributed by atoms with Crippen LogP contribution < -0.4 is 0 Å². The van der Waals surface area contributed by atoms with Crippen molar-refractivity contribution in [3.8, 4) is 124 Å². The molecule has 0 amide bonds. The third-order valence-electron chi connectivity index (χ3n) is 18.7. The van der Waals surface area contributed by atoms with Crippen molar-refractivity contribution in [1.82, 2.24) is 29.9 Å². The van der Waals surface area contributed by atoms with Gasteiger partial charge in [0.1, 0.15) is 0 Å². The molecule has 6 heteroatoms. The molecule has 0 N–H and O–H groups in total. The van der Waals surface area contributed by atoms with Crippen molar-refractivity contribution >= 4 is 64.6 Å². The molecule has 0 aliphatic rings. The van der Waals surface area contributed by atoms with Crippen molar-refractivity contribution in [2.75, 3.05) is 0 Å². The van der Waals surface area contributed by atoms with Crippen LogP contribution >= 0.6 is 0 Å². The molecule has 446 valence electrons. The number of aromatic nitrogens is 6. The smallest absolute Gasteiger partial charge is 0.160 e. The molecule has 18 rings (SSSR count). The van der Waals surface area contributed by atoms with E-state index in [4.69, 9.17) is 24.9 Å². The van der Waals surface area contributed by atoms with Gasteiger partial charge in [-0.1, -0.05) is 243 Å². The second-order valence-electron chi connectivity index (χ2n) is 24.6. The van der Waals surface area contributed by atoms with Crippen LogP contribution in [0.15, 0.2) is 340 Å². The zero-order valence-corrected chi connectivity index (χ0v) is 52.0. The summed E-state index contributed by atoms with van der Waals surface area (Å²) >= 11 is 0. The Bertz CT molecular complexity index is 6050. The average Bonchev–Trinajstić information content (AvgIpc) is 0.759. The molecule has 0 radical (unpaired) electrons. The quantitative estimate of drug-likeness (QED) is 0.120. The maximum atomic E-state index is 5.50. The second kappa shape index (κ2) is 23.7. The Morgan fingerprint density at radius 3 is 1.23 bits per heavy atom. The highest BCUT2D eigenvalue weighted by Gasteiger charge is 2.19. The number of rotatable bonds is 11. The summed E-state index contributed by atoms with van der Waals surface area (Å²) in [7, 11) is 0. The van der Waals surface area contributed by atoms with Crippen molar-refractivity contribution < 1.29 is 0 Å². The van der Waals surface area contributed by atoms with Crippen LogP contribution in [0, 0.1) is 0 Å². The number of nitrogens with zero attached hydrogens (tertiary/aromatic N) is 6. The van der Waals surface area contributed by atoms with Crippen molar-refractivity contribution in [2.45, 2.75) is 0 Å². The lowest BCUT2D eigenvalue weighted by atomic mass is 9.92. The maximum absolute atomic E-state index is 5.50. The lowest BCUT2D eigenvalue weighted by Crippen LogP contribution is -1.97. The number of hydrogen-bond donors (Lipinski definition) is 0. The van der Waals surface area contributed by atoms with Crippen LogP contribution in [0.25, 0.3) is 188 Å². The zero-order valence-electron chi connectivity index (χ0n) is 52.0. The van der Waals surface area contributed by atoms with E-state index < -0.39 is 0 Å². The van der Waals surface area contributed by atoms with Gasteiger partial charge in [-0.2, -0.15) is 0 Å². The van der Waals surface area contributed by atoms with E-state index in [2.05, 4.69) is 302 Å². The fourth-order valence-corrected chi connectivity index (χ4v) is 14.0. The van der Waals surface area contributed by atoms with Crippen LogP contribution in [-0.4, -0.2) is 29.9 Å². The van der Waals surface area contributed by atoms with Crippen molar-refractivity contribution in [3.05, 3.63) is 340 Å². The first kappa shape index (κ1) is 55.9. The van der Waals surface area contributed by atoms with Gasteiger partial charge < -0.3 is 0 Å². The summed E-state index contributed by atoms with van der Waals surface area (Å²) in [4.78, 5) is 31.3. The Labute approximate surface area is 554 Å². The Kier molecular flexibility index (Phi) is 13.8. The predicted molar refractivity (Wildman–Crippen MR) is 398 cm³/mol. The summed E-state index contributed by atoms with van der Waals surface area (Å²) < 4.78 is 0. The van der Waals surface area contributed by atoms with Gasteiger partial charge in [0.25, 0.3) is 0 Å². The average molecular weight is 1220 g/mol. The molecule has 14 aromatic carbocycles. The molecule has 4 aromatic heterocycles. The molecule has 4 heterocycles. The van der Waals surface area contributed by atoms with Gasteiger partial charge >= 0.3 is 0 Å². The predicted octanol–water partition coefficient (Wildman–Crippen LogP) is 23.3. The van der Waals surface area contributed by atoms with Crippen LogP contribution in [0.4, 0.5) is 0 Å². The highest BCUT2D eigenvalue weighted by Crippen LogP contribution is 2.42. The lowest BCUT2D eigenvalue weighted by Gasteiger charge is -2.14. The fraction of sp³-hybridized carbons (Fsp3) is 0. The Morgan fingerprint density at radius 2 is 0.604 bits per heavy atom. The summed E-state index contributed by atoms with van der Waals surface area (Å²) in [6.45, 7) is 0. The van der Waals surface area contributed by atoms with E-state index in [1.807, 2.05) is 36.7 Å². The molecule has 0 aliphatic carbocycles. The number of pyridine rings is 2. The summed E-state index contributed by atoms with van der Waals surface area (Å²) in [5.74, 6) is 1.29. The minimum Gasteiger partial charge on any atom is -0.264 e. The minimum atomic E-state index is 0.642. The molecular weight excluding hydrogens is 1170 g/mol. The molecule has 0 bridgehead atoms. The molecule has 0 saturated carbocycles. The van der Waals surface area contributed by atoms with E-state index in [0.29, 0.717) is 11.6 Å². The SMILES string of the molecule is c1ccc(-c2nc(-c3cccc(-c4cccnc4)c3)cc(-c3cc(-c4ccc5ccccc5c4)cc(-c4ccc(-c5cccc(-c6cc(-c7cccc(-c8cc9ccccc9c9ccccc89)c7)nc(-c7ccc8c9ccccc9c9ccccc9c8c7)n6)c5)cn4)c3)n2)cc1. The topological polar surface area (TPSA) is 77.3 Å². The standard InChI is InChI=1S/C90H56N6/c1-2-19-58(20-3-1)89-93-87(65-26-14-23-60(45-65)69-29-17-43-91-55-69)54-88(96-89)73-49-71(62-38-37-57-18-4-5-21-59(57)44-62)48-72(50-73)84-42-40-70(56-92-84)61-24-15-27-66(46-61)85-53-86(67-28-16-25-63(47-67)82-51-64-22-6-7-30-74(64)75-31-8-12-35-79(75)82)95-90(94-85)68-39-41-81-78-34-10-9-32-76(78)77-33-11-13-36-80(77)83(81)52-68/h1-56H. The third kappa shape index (κ3) is 10.4. The molecule has 18 aromatic rings. The van der Waals surface area contributed by atoms with Crippen molar-refractivity contribution in [1.29, 1.82) is 0 Å². The first-order valence-electron chi connectivity index (χ1n) is 32.4. The van der Waals surface area contributed by atoms with E-state index in [9.17, 15) is 0 Å². The van der Waals surface area contributed by atoms with Crippen molar-refractivity contribution in [3.63, 3.8) is 0 Å². The Hall–Kier alpha value is -12.9. The monoisotopic (exact) mass is 1220 g/mol. The molecule has 0 atom stereocenters. The molecule has 6 nitrogen and oxygen atoms in total. The van der Waals surface area contributed by atoms with Crippen molar-refractivity contribution in [2.24, 2.45) is 0 Å². The van der Waals surface area contributed by atoms with Crippen LogP contribution in [0.1, 0.15) is 0 Å². The van der Waals surface area contributed by atoms with Crippen LogP contribution in [0.5, 0.6) is 0 Å². The number of benzene rings is 14. The molecule has 96 heavy (non-hydrogen) atoms. The van der Waals surface area contributed by atoms with Gasteiger partial charge in [-0.05, 0) is 177 Å². The van der Waals surface area contributed by atoms with E-state index in [1.54, 1.807) is 6.20 Å². The highest BCUT2D eigenvalue weighted by molar-refractivity contribution is 6.26. The second-order valence-corrected chi connectivity index (χ2v) is 24.6. The van der Waals surface area contributed by atoms with Gasteiger partial charge in [-0.15, -0.1) is 0 Å². The highest BCUT2D eigenvalue weighted by atomic mass is 14.9. The summed E-state index contributed by atoms with van der Waals surface area (Å²) in [5, 5.41) is 14.5. The van der Waals surface area contributed by atoms with E-state index in [-0.39, 0.29) is 0 Å². The van der Waals surface area contributed by atoms with Gasteiger partial charge in [0.15, 0.2) is 11.6 Å². The summed E-state index contributed by atoms with van der Waals surface area (Å²) in [5.41, 5.74) is 19.4. The third-order valence-corrected chi connectivity index (χ3v) is 18.7. The first-order valence-corrected chi connectivity index (χ1v) is 32.4. The van der Waals surface area contributed by atoms with Crippen LogP contribution in [0.2, 0.25) is 0 Å². The molecular formula is C90H56N6. The zero-order chi connectivity index (χ0) is 63.5. The van der Waals surface area contributed by atoms with E-state index in [0.717, 1.165) is 112 Å². The number of hydrogen-bond acceptors (Lipinski definition) is 6. The lowest BCUT2D eigenvalue weighted by molar-refractivity contribution is 1.18. The van der Waals surface area contributed by atoms with Gasteiger partial charge in [0, 0.05) is 68.7 Å². The Morgan fingerprint density at radius 1 is 0.177 bits per heavy atom. The van der Waals surface area contributed by atoms with Gasteiger partial charge in [0.05, 0.1) is 28.5 Å². The largest absolute Gasteiger partial charge is 0.264 e.